The Kier molecular flexibility index (Phi) is 13.7. The lowest BCUT2D eigenvalue weighted by Crippen LogP contribution is -2.49. The average molecular weight is 851 g/mol. The molecule has 0 spiro atoms. The molecule has 2 aromatic carbocycles. The molecule has 23 heteroatoms. The van der Waals surface area contributed by atoms with E-state index in [-0.39, 0.29) is 65.4 Å². The number of benzene rings is 2. The first kappa shape index (κ1) is 44.9. The van der Waals surface area contributed by atoms with Crippen molar-refractivity contribution in [3.63, 3.8) is 0 Å². The normalized spacial score (nSPS) is 16.8. The van der Waals surface area contributed by atoms with Gasteiger partial charge in [-0.3, -0.25) is 29.0 Å². The fourth-order valence-electron chi connectivity index (χ4n) is 6.11. The quantitative estimate of drug-likeness (QED) is 0.207. The van der Waals surface area contributed by atoms with Gasteiger partial charge < -0.3 is 20.0 Å². The number of amides is 2. The maximum Gasteiger partial charge on any atom is 0.418 e. The minimum atomic E-state index is -5.95. The van der Waals surface area contributed by atoms with Gasteiger partial charge in [-0.2, -0.15) is 52.7 Å². The van der Waals surface area contributed by atoms with Gasteiger partial charge >= 0.3 is 36.6 Å². The van der Waals surface area contributed by atoms with Crippen LogP contribution in [0.15, 0.2) is 46.2 Å². The summed E-state index contributed by atoms with van der Waals surface area (Å²) in [6, 6.07) is 1.48. The Balaban J connectivity index is 1.73. The molecule has 10 nitrogen and oxygen atoms in total. The van der Waals surface area contributed by atoms with E-state index in [0.717, 1.165) is 9.80 Å². The fourth-order valence-corrected chi connectivity index (χ4v) is 7.26. The number of hydrogen-bond acceptors (Lipinski definition) is 7. The summed E-state index contributed by atoms with van der Waals surface area (Å²) in [5.41, 5.74) is -12.4. The second-order valence-corrected chi connectivity index (χ2v) is 13.6. The van der Waals surface area contributed by atoms with Gasteiger partial charge in [-0.1, -0.05) is 23.9 Å². The molecule has 2 aliphatic rings. The molecule has 0 radical (unpaired) electrons. The van der Waals surface area contributed by atoms with E-state index in [1.54, 1.807) is 0 Å². The summed E-state index contributed by atoms with van der Waals surface area (Å²) in [5, 5.41) is 17.8. The Morgan fingerprint density at radius 1 is 0.509 bits per heavy atom. The highest BCUT2D eigenvalue weighted by molar-refractivity contribution is 7.99. The van der Waals surface area contributed by atoms with Crippen LogP contribution in [0.3, 0.4) is 0 Å². The van der Waals surface area contributed by atoms with E-state index in [2.05, 4.69) is 0 Å². The maximum atomic E-state index is 14.5. The van der Waals surface area contributed by atoms with Gasteiger partial charge in [0.05, 0.1) is 35.3 Å². The number of alkyl halides is 12. The summed E-state index contributed by atoms with van der Waals surface area (Å²) in [5.74, 6) is -4.22. The van der Waals surface area contributed by atoms with Gasteiger partial charge in [0, 0.05) is 74.3 Å². The molecule has 2 amide bonds. The average Bonchev–Trinajstić information content (AvgIpc) is 3.08. The lowest BCUT2D eigenvalue weighted by molar-refractivity contribution is -0.164. The van der Waals surface area contributed by atoms with Crippen LogP contribution in [0, 0.1) is 0 Å². The number of hydrogen-bond donors (Lipinski definition) is 2. The largest absolute Gasteiger partial charge is 0.480 e. The molecule has 57 heavy (non-hydrogen) atoms. The summed E-state index contributed by atoms with van der Waals surface area (Å²) >= 11 is -0.656. The second kappa shape index (κ2) is 17.4. The summed E-state index contributed by atoms with van der Waals surface area (Å²) in [6.45, 7) is -0.794. The molecule has 2 heterocycles. The Bertz CT molecular complexity index is 1780. The van der Waals surface area contributed by atoms with Crippen molar-refractivity contribution in [2.75, 3.05) is 65.4 Å². The molecule has 4 rings (SSSR count). The number of rotatable bonds is 10. The minimum absolute atomic E-state index is 0.0598. The van der Waals surface area contributed by atoms with Crippen LogP contribution < -0.4 is 0 Å². The molecular formula is C34H30F12N4O6S. The van der Waals surface area contributed by atoms with Crippen LogP contribution in [0.5, 0.6) is 0 Å². The van der Waals surface area contributed by atoms with E-state index in [9.17, 15) is 71.9 Å². The Hall–Kier alpha value is -4.77. The summed E-state index contributed by atoms with van der Waals surface area (Å²) in [6.07, 6.45) is -21.8. The highest BCUT2D eigenvalue weighted by Gasteiger charge is 2.49. The maximum absolute atomic E-state index is 14.5. The SMILES string of the molecule is O=C(O)CN1CCN(C(=O)/C=C/c2ccc(Sc3ccc(/C=C/C(=O)N4CCN(CC(=O)O)CC4)c(C(F)(F)F)c3C(F)(F)F)c(C(F)(F)F)c2C(F)(F)F)CC1. The van der Waals surface area contributed by atoms with Gasteiger partial charge in [0.1, 0.15) is 0 Å². The molecule has 2 aliphatic heterocycles. The predicted octanol–water partition coefficient (Wildman–Crippen LogP) is 6.40. The van der Waals surface area contributed by atoms with Crippen molar-refractivity contribution in [3.8, 4) is 0 Å². The number of piperazine rings is 2. The fraction of sp³-hybridized carbons (Fsp3) is 0.412. The van der Waals surface area contributed by atoms with Crippen LogP contribution in [-0.2, 0) is 43.9 Å². The third-order valence-electron chi connectivity index (χ3n) is 8.65. The van der Waals surface area contributed by atoms with E-state index in [0.29, 0.717) is 48.6 Å². The topological polar surface area (TPSA) is 122 Å². The smallest absolute Gasteiger partial charge is 0.418 e. The van der Waals surface area contributed by atoms with Crippen LogP contribution in [0.25, 0.3) is 12.2 Å². The Labute approximate surface area is 319 Å². The van der Waals surface area contributed by atoms with Gasteiger partial charge in [0.25, 0.3) is 0 Å². The highest BCUT2D eigenvalue weighted by atomic mass is 32.2. The van der Waals surface area contributed by atoms with Crippen molar-refractivity contribution >= 4 is 47.7 Å². The van der Waals surface area contributed by atoms with E-state index in [1.165, 1.54) is 9.80 Å². The predicted molar refractivity (Wildman–Crippen MR) is 176 cm³/mol. The van der Waals surface area contributed by atoms with Crippen LogP contribution in [0.4, 0.5) is 52.7 Å². The minimum Gasteiger partial charge on any atom is -0.480 e. The highest BCUT2D eigenvalue weighted by Crippen LogP contribution is 2.52. The number of aliphatic carboxylic acids is 2. The lowest BCUT2D eigenvalue weighted by Gasteiger charge is -2.33. The second-order valence-electron chi connectivity index (χ2n) is 12.6. The summed E-state index contributed by atoms with van der Waals surface area (Å²) in [7, 11) is 0. The number of carbonyl (C=O) groups is 4. The van der Waals surface area contributed by atoms with Crippen LogP contribution in [-0.4, -0.2) is 119 Å². The zero-order valence-corrected chi connectivity index (χ0v) is 29.8. The molecule has 0 unspecified atom stereocenters. The molecule has 0 saturated carbocycles. The van der Waals surface area contributed by atoms with Crippen molar-refractivity contribution in [1.82, 2.24) is 19.6 Å². The zero-order chi connectivity index (χ0) is 42.7. The van der Waals surface area contributed by atoms with Crippen molar-refractivity contribution in [3.05, 3.63) is 69.8 Å². The van der Waals surface area contributed by atoms with Crippen LogP contribution >= 0.6 is 11.8 Å². The van der Waals surface area contributed by atoms with E-state index < -0.39 is 103 Å². The van der Waals surface area contributed by atoms with Gasteiger partial charge in [0.15, 0.2) is 0 Å². The van der Waals surface area contributed by atoms with Gasteiger partial charge in [0.2, 0.25) is 11.8 Å². The monoisotopic (exact) mass is 850 g/mol. The molecule has 0 aromatic heterocycles. The third-order valence-corrected chi connectivity index (χ3v) is 9.77. The van der Waals surface area contributed by atoms with Gasteiger partial charge in [-0.25, -0.2) is 0 Å². The van der Waals surface area contributed by atoms with Crippen molar-refractivity contribution in [1.29, 1.82) is 0 Å². The summed E-state index contributed by atoms with van der Waals surface area (Å²) < 4.78 is 173. The number of carbonyl (C=O) groups excluding carboxylic acids is 2. The third kappa shape index (κ3) is 11.7. The molecule has 2 aromatic rings. The molecule has 0 atom stereocenters. The molecule has 0 aliphatic carbocycles. The van der Waals surface area contributed by atoms with Crippen LogP contribution in [0.1, 0.15) is 33.4 Å². The first-order chi connectivity index (χ1) is 26.3. The number of halogens is 12. The number of carboxylic acid groups (broad SMARTS) is 2. The molecular weight excluding hydrogens is 820 g/mol. The van der Waals surface area contributed by atoms with Gasteiger partial charge in [-0.15, -0.1) is 0 Å². The molecule has 2 saturated heterocycles. The molecule has 312 valence electrons. The molecule has 0 bridgehead atoms. The Morgan fingerprint density at radius 3 is 1.07 bits per heavy atom. The first-order valence-electron chi connectivity index (χ1n) is 16.4. The molecule has 2 fully saturated rings. The zero-order valence-electron chi connectivity index (χ0n) is 28.9. The van der Waals surface area contributed by atoms with Crippen molar-refractivity contribution in [2.24, 2.45) is 0 Å². The lowest BCUT2D eigenvalue weighted by atomic mass is 9.99. The molecule has 2 N–H and O–H groups in total. The number of nitrogens with zero attached hydrogens (tertiary/aromatic N) is 4. The van der Waals surface area contributed by atoms with Crippen molar-refractivity contribution in [2.45, 2.75) is 34.5 Å². The standard InChI is InChI=1S/C34H30F12N4O6S/c35-31(36,37)27-19(3-7-23(51)49-13-9-47(10-14-49)17-25(53)54)1-5-21(29(27)33(41,42)43)57-22-6-2-20(28(32(38,39)40)30(22)34(44,45)46)4-8-24(52)50-15-11-48(12-16-50)18-26(55)56/h1-8H,9-18H2,(H,53,54)(H,55,56)/b7-3+,8-4+. The number of carboxylic acids is 2. The first-order valence-corrected chi connectivity index (χ1v) is 17.2. The van der Waals surface area contributed by atoms with E-state index >= 15 is 0 Å². The van der Waals surface area contributed by atoms with Crippen LogP contribution in [0.2, 0.25) is 0 Å². The van der Waals surface area contributed by atoms with E-state index in [4.69, 9.17) is 10.2 Å². The Morgan fingerprint density at radius 2 is 0.807 bits per heavy atom. The summed E-state index contributed by atoms with van der Waals surface area (Å²) in [4.78, 5) is 49.2. The van der Waals surface area contributed by atoms with E-state index in [1.807, 2.05) is 0 Å². The van der Waals surface area contributed by atoms with Crippen molar-refractivity contribution < 1.29 is 82.1 Å². The van der Waals surface area contributed by atoms with Gasteiger partial charge in [-0.05, 0) is 35.4 Å².